The third-order valence-electron chi connectivity index (χ3n) is 1.17. The van der Waals surface area contributed by atoms with Crippen LogP contribution in [0.5, 0.6) is 0 Å². The minimum absolute atomic E-state index is 0.750. The molecule has 3 N–H and O–H groups in total. The zero-order valence-electron chi connectivity index (χ0n) is 6.02. The van der Waals surface area contributed by atoms with Crippen LogP contribution in [0.25, 0.3) is 0 Å². The van der Waals surface area contributed by atoms with Crippen LogP contribution in [0.4, 0.5) is 0 Å². The number of rotatable bonds is 4. The smallest absolute Gasteiger partial charge is 0.229 e. The summed E-state index contributed by atoms with van der Waals surface area (Å²) >= 11 is 0. The van der Waals surface area contributed by atoms with E-state index < -0.39 is 30.4 Å². The Bertz CT molecular complexity index is 164. The summed E-state index contributed by atoms with van der Waals surface area (Å²) in [6.45, 7) is 0.232. The lowest BCUT2D eigenvalue weighted by Gasteiger charge is -2.11. The summed E-state index contributed by atoms with van der Waals surface area (Å²) in [6.07, 6.45) is -3.39. The topological polar surface area (TPSA) is 94.8 Å². The average Bonchev–Trinajstić information content (AvgIpc) is 2.00. The van der Waals surface area contributed by atoms with Crippen LogP contribution in [0.2, 0.25) is 0 Å². The van der Waals surface area contributed by atoms with Gasteiger partial charge in [0.05, 0.1) is 6.61 Å². The van der Waals surface area contributed by atoms with E-state index in [1.54, 1.807) is 0 Å². The Morgan fingerprint density at radius 3 is 2.09 bits per heavy atom. The number of carbonyl (C=O) groups is 2. The zero-order chi connectivity index (χ0) is 9.02. The monoisotopic (exact) mass is 162 g/mol. The van der Waals surface area contributed by atoms with E-state index in [4.69, 9.17) is 15.3 Å². The van der Waals surface area contributed by atoms with E-state index in [-0.39, 0.29) is 0 Å². The summed E-state index contributed by atoms with van der Waals surface area (Å²) in [5.74, 6) is -1.93. The maximum Gasteiger partial charge on any atom is 0.229 e. The molecule has 0 aliphatic carbocycles. The van der Waals surface area contributed by atoms with Crippen molar-refractivity contribution in [2.24, 2.45) is 0 Å². The van der Waals surface area contributed by atoms with Crippen molar-refractivity contribution in [3.05, 3.63) is 0 Å². The Hall–Kier alpha value is -0.780. The lowest BCUT2D eigenvalue weighted by atomic mass is 10.1. The zero-order valence-corrected chi connectivity index (χ0v) is 6.02. The molecule has 2 atom stereocenters. The fourth-order valence-corrected chi connectivity index (χ4v) is 0.483. The van der Waals surface area contributed by atoms with Crippen molar-refractivity contribution in [1.82, 2.24) is 0 Å². The van der Waals surface area contributed by atoms with Crippen molar-refractivity contribution >= 4 is 11.6 Å². The summed E-state index contributed by atoms with van der Waals surface area (Å²) < 4.78 is 0. The van der Waals surface area contributed by atoms with E-state index in [1.165, 1.54) is 0 Å². The molecule has 0 aliphatic rings. The fourth-order valence-electron chi connectivity index (χ4n) is 0.483. The van der Waals surface area contributed by atoms with Crippen molar-refractivity contribution < 1.29 is 24.9 Å². The second-order valence-electron chi connectivity index (χ2n) is 2.12. The molecule has 0 unspecified atom stereocenters. The van der Waals surface area contributed by atoms with Crippen LogP contribution in [0.15, 0.2) is 0 Å². The van der Waals surface area contributed by atoms with Gasteiger partial charge in [-0.3, -0.25) is 9.59 Å². The number of aliphatic hydroxyl groups is 3. The molecule has 0 aromatic carbocycles. The predicted molar refractivity (Wildman–Crippen MR) is 34.8 cm³/mol. The molecule has 5 heteroatoms. The molecule has 0 spiro atoms. The van der Waals surface area contributed by atoms with Crippen LogP contribution in [-0.4, -0.2) is 45.7 Å². The first-order chi connectivity index (χ1) is 5.00. The SMILES string of the molecule is CC(=O)C(=O)[C@@H](O)[C@H](O)CO. The Balaban J connectivity index is 4.13. The number of ketones is 2. The van der Waals surface area contributed by atoms with Gasteiger partial charge in [0, 0.05) is 6.92 Å². The van der Waals surface area contributed by atoms with Crippen LogP contribution in [0.3, 0.4) is 0 Å². The average molecular weight is 162 g/mol. The lowest BCUT2D eigenvalue weighted by molar-refractivity contribution is -0.145. The largest absolute Gasteiger partial charge is 0.394 e. The number of aliphatic hydroxyl groups excluding tert-OH is 3. The Labute approximate surface area is 63.3 Å². The van der Waals surface area contributed by atoms with Gasteiger partial charge in [0.15, 0.2) is 5.78 Å². The Morgan fingerprint density at radius 2 is 1.82 bits per heavy atom. The number of hydrogen-bond acceptors (Lipinski definition) is 5. The van der Waals surface area contributed by atoms with Gasteiger partial charge in [0.2, 0.25) is 5.78 Å². The van der Waals surface area contributed by atoms with Crippen molar-refractivity contribution in [2.75, 3.05) is 6.61 Å². The van der Waals surface area contributed by atoms with Gasteiger partial charge in [0.1, 0.15) is 12.2 Å². The van der Waals surface area contributed by atoms with Crippen LogP contribution >= 0.6 is 0 Å². The molecule has 64 valence electrons. The molecule has 0 aromatic rings. The van der Waals surface area contributed by atoms with Gasteiger partial charge in [0.25, 0.3) is 0 Å². The van der Waals surface area contributed by atoms with Crippen LogP contribution in [0.1, 0.15) is 6.92 Å². The van der Waals surface area contributed by atoms with Crippen molar-refractivity contribution in [1.29, 1.82) is 0 Å². The highest BCUT2D eigenvalue weighted by atomic mass is 16.4. The molecule has 0 aliphatic heterocycles. The highest BCUT2D eigenvalue weighted by Crippen LogP contribution is 1.94. The van der Waals surface area contributed by atoms with Gasteiger partial charge in [-0.05, 0) is 0 Å². The number of Topliss-reactive ketones (excluding diaryl/α,β-unsaturated/α-hetero) is 2. The number of hydrogen-bond donors (Lipinski definition) is 3. The molecule has 0 bridgehead atoms. The third kappa shape index (κ3) is 2.75. The Morgan fingerprint density at radius 1 is 1.36 bits per heavy atom. The van der Waals surface area contributed by atoms with Gasteiger partial charge in [-0.2, -0.15) is 0 Å². The quantitative estimate of drug-likeness (QED) is 0.410. The minimum Gasteiger partial charge on any atom is -0.394 e. The number of carbonyl (C=O) groups excluding carboxylic acids is 2. The van der Waals surface area contributed by atoms with Crippen molar-refractivity contribution in [2.45, 2.75) is 19.1 Å². The van der Waals surface area contributed by atoms with Gasteiger partial charge in [-0.1, -0.05) is 0 Å². The molecule has 0 heterocycles. The maximum atomic E-state index is 10.6. The summed E-state index contributed by atoms with van der Waals surface area (Å²) in [6, 6.07) is 0. The fraction of sp³-hybridized carbons (Fsp3) is 0.667. The molecule has 0 fully saturated rings. The van der Waals surface area contributed by atoms with E-state index in [1.807, 2.05) is 0 Å². The molecular weight excluding hydrogens is 152 g/mol. The molecule has 5 nitrogen and oxygen atoms in total. The normalized spacial score (nSPS) is 15.6. The minimum atomic E-state index is -1.81. The summed E-state index contributed by atoms with van der Waals surface area (Å²) in [5, 5.41) is 25.7. The van der Waals surface area contributed by atoms with Crippen LogP contribution in [-0.2, 0) is 9.59 Å². The highest BCUT2D eigenvalue weighted by Gasteiger charge is 2.26. The summed E-state index contributed by atoms with van der Waals surface area (Å²) in [4.78, 5) is 20.9. The van der Waals surface area contributed by atoms with E-state index >= 15 is 0 Å². The van der Waals surface area contributed by atoms with E-state index in [2.05, 4.69) is 0 Å². The van der Waals surface area contributed by atoms with Gasteiger partial charge < -0.3 is 15.3 Å². The van der Waals surface area contributed by atoms with E-state index in [0.29, 0.717) is 0 Å². The first kappa shape index (κ1) is 10.2. The molecule has 0 saturated heterocycles. The van der Waals surface area contributed by atoms with Crippen LogP contribution < -0.4 is 0 Å². The van der Waals surface area contributed by atoms with Gasteiger partial charge in [-0.25, -0.2) is 0 Å². The predicted octanol–water partition coefficient (Wildman–Crippen LogP) is -2.14. The van der Waals surface area contributed by atoms with Crippen LogP contribution in [0, 0.1) is 0 Å². The standard InChI is InChI=1S/C6H10O5/c1-3(8)5(10)6(11)4(9)2-7/h4,6-7,9,11H,2H2,1H3/t4-,6+/m1/s1. The first-order valence-corrected chi connectivity index (χ1v) is 3.02. The van der Waals surface area contributed by atoms with Crippen molar-refractivity contribution in [3.63, 3.8) is 0 Å². The third-order valence-corrected chi connectivity index (χ3v) is 1.17. The maximum absolute atomic E-state index is 10.6. The highest BCUT2D eigenvalue weighted by molar-refractivity contribution is 6.38. The molecule has 0 aromatic heterocycles. The molecular formula is C6H10O5. The molecule has 0 rings (SSSR count). The molecule has 0 saturated carbocycles. The Kier molecular flexibility index (Phi) is 3.88. The van der Waals surface area contributed by atoms with Gasteiger partial charge in [-0.15, -0.1) is 0 Å². The van der Waals surface area contributed by atoms with Crippen molar-refractivity contribution in [3.8, 4) is 0 Å². The summed E-state index contributed by atoms with van der Waals surface area (Å²) in [5.41, 5.74) is 0. The van der Waals surface area contributed by atoms with E-state index in [9.17, 15) is 9.59 Å². The summed E-state index contributed by atoms with van der Waals surface area (Å²) in [7, 11) is 0. The molecule has 0 radical (unpaired) electrons. The first-order valence-electron chi connectivity index (χ1n) is 3.02. The second-order valence-corrected chi connectivity index (χ2v) is 2.12. The van der Waals surface area contributed by atoms with Gasteiger partial charge >= 0.3 is 0 Å². The van der Waals surface area contributed by atoms with E-state index in [0.717, 1.165) is 6.92 Å². The molecule has 0 amide bonds. The second kappa shape index (κ2) is 4.17. The lowest BCUT2D eigenvalue weighted by Crippen LogP contribution is -2.39. The molecule has 11 heavy (non-hydrogen) atoms.